The average Bonchev–Trinajstić information content (AvgIpc) is 3.61. The average molecular weight is 529 g/mol. The molecule has 0 unspecified atom stereocenters. The number of aromatic nitrogens is 2. The van der Waals surface area contributed by atoms with Gasteiger partial charge in [-0.3, -0.25) is 0 Å². The van der Waals surface area contributed by atoms with Gasteiger partial charge in [0.15, 0.2) is 0 Å². The highest BCUT2D eigenvalue weighted by Crippen LogP contribution is 2.23. The van der Waals surface area contributed by atoms with Crippen LogP contribution in [0.3, 0.4) is 0 Å². The van der Waals surface area contributed by atoms with Gasteiger partial charge in [-0.25, -0.2) is 14.6 Å². The van der Waals surface area contributed by atoms with Crippen LogP contribution in [0, 0.1) is 0 Å². The van der Waals surface area contributed by atoms with E-state index in [-0.39, 0.29) is 11.9 Å². The molecule has 0 N–H and O–H groups in total. The zero-order chi connectivity index (χ0) is 26.9. The van der Waals surface area contributed by atoms with Gasteiger partial charge in [-0.05, 0) is 52.8 Å². The molecule has 2 aromatic carbocycles. The van der Waals surface area contributed by atoms with Crippen LogP contribution in [0.2, 0.25) is 0 Å². The number of esters is 2. The van der Waals surface area contributed by atoms with E-state index in [1.54, 1.807) is 23.5 Å². The van der Waals surface area contributed by atoms with Crippen molar-refractivity contribution in [3.63, 3.8) is 0 Å². The first-order valence-electron chi connectivity index (χ1n) is 12.7. The lowest BCUT2D eigenvalue weighted by Crippen LogP contribution is -2.10. The second-order valence-corrected chi connectivity index (χ2v) is 10.0. The molecule has 4 aromatic rings. The molecule has 0 saturated carbocycles. The number of imidazole rings is 1. The van der Waals surface area contributed by atoms with Crippen LogP contribution in [-0.4, -0.2) is 35.7 Å². The van der Waals surface area contributed by atoms with Crippen molar-refractivity contribution in [3.8, 4) is 11.1 Å². The summed E-state index contributed by atoms with van der Waals surface area (Å²) in [5, 5.41) is 2.01. The highest BCUT2D eigenvalue weighted by atomic mass is 32.1. The number of benzene rings is 2. The summed E-state index contributed by atoms with van der Waals surface area (Å²) >= 11 is 1.62. The standard InChI is InChI=1S/C31H32N2O4S/c1-4-5-8-29-32-20-27(18-26(31(35)37-3)19-28-7-6-17-38-28)33(29)21-22-9-11-23(12-10-22)24-13-15-25(16-14-24)30(34)36-2/h6-7,9-18,20H,4-5,8,19,21H2,1-3H3/b26-18+. The molecule has 0 aliphatic rings. The van der Waals surface area contributed by atoms with Crippen molar-refractivity contribution in [3.05, 3.63) is 105 Å². The molecule has 0 spiro atoms. The molecule has 0 saturated heterocycles. The highest BCUT2D eigenvalue weighted by molar-refractivity contribution is 7.09. The van der Waals surface area contributed by atoms with Gasteiger partial charge in [0.25, 0.3) is 0 Å². The van der Waals surface area contributed by atoms with Crippen LogP contribution in [0.15, 0.2) is 77.8 Å². The van der Waals surface area contributed by atoms with E-state index in [0.29, 0.717) is 24.1 Å². The Morgan fingerprint density at radius 2 is 1.68 bits per heavy atom. The smallest absolute Gasteiger partial charge is 0.337 e. The molecular weight excluding hydrogens is 496 g/mol. The number of rotatable bonds is 11. The minimum Gasteiger partial charge on any atom is -0.466 e. The summed E-state index contributed by atoms with van der Waals surface area (Å²) < 4.78 is 12.1. The largest absolute Gasteiger partial charge is 0.466 e. The number of ether oxygens (including phenoxy) is 2. The van der Waals surface area contributed by atoms with Gasteiger partial charge in [-0.2, -0.15) is 0 Å². The molecule has 0 amide bonds. The van der Waals surface area contributed by atoms with Crippen molar-refractivity contribution in [1.29, 1.82) is 0 Å². The Kier molecular flexibility index (Phi) is 9.27. The Balaban J connectivity index is 1.60. The summed E-state index contributed by atoms with van der Waals surface area (Å²) in [7, 11) is 2.79. The third kappa shape index (κ3) is 6.66. The molecule has 7 heteroatoms. The molecule has 4 rings (SSSR count). The van der Waals surface area contributed by atoms with E-state index in [1.165, 1.54) is 14.2 Å². The molecule has 38 heavy (non-hydrogen) atoms. The van der Waals surface area contributed by atoms with Crippen molar-refractivity contribution in [2.24, 2.45) is 0 Å². The zero-order valence-electron chi connectivity index (χ0n) is 22.0. The normalized spacial score (nSPS) is 11.4. The highest BCUT2D eigenvalue weighted by Gasteiger charge is 2.15. The number of hydrogen-bond donors (Lipinski definition) is 0. The lowest BCUT2D eigenvalue weighted by atomic mass is 10.0. The number of methoxy groups -OCH3 is 2. The first kappa shape index (κ1) is 27.1. The summed E-state index contributed by atoms with van der Waals surface area (Å²) in [6, 6.07) is 19.8. The van der Waals surface area contributed by atoms with Gasteiger partial charge in [0.05, 0.1) is 31.7 Å². The Morgan fingerprint density at radius 3 is 2.29 bits per heavy atom. The molecule has 2 heterocycles. The SMILES string of the molecule is CCCCc1ncc(/C=C(\Cc2cccs2)C(=O)OC)n1Cc1ccc(-c2ccc(C(=O)OC)cc2)cc1. The second-order valence-electron chi connectivity index (χ2n) is 8.97. The van der Waals surface area contributed by atoms with Crippen molar-refractivity contribution in [1.82, 2.24) is 9.55 Å². The summed E-state index contributed by atoms with van der Waals surface area (Å²) in [5.41, 5.74) is 5.22. The molecule has 0 fully saturated rings. The maximum atomic E-state index is 12.6. The van der Waals surface area contributed by atoms with Gasteiger partial charge in [-0.1, -0.05) is 55.8 Å². The fourth-order valence-corrected chi connectivity index (χ4v) is 4.98. The Hall–Kier alpha value is -3.97. The van der Waals surface area contributed by atoms with Gasteiger partial charge in [0.2, 0.25) is 0 Å². The summed E-state index contributed by atoms with van der Waals surface area (Å²) in [4.78, 5) is 30.1. The van der Waals surface area contributed by atoms with Gasteiger partial charge in [-0.15, -0.1) is 11.3 Å². The van der Waals surface area contributed by atoms with Crippen LogP contribution in [-0.2, 0) is 33.7 Å². The fourth-order valence-electron chi connectivity index (χ4n) is 4.26. The van der Waals surface area contributed by atoms with Crippen molar-refractivity contribution in [2.45, 2.75) is 39.2 Å². The van der Waals surface area contributed by atoms with E-state index < -0.39 is 0 Å². The minimum atomic E-state index is -0.346. The molecule has 0 radical (unpaired) electrons. The van der Waals surface area contributed by atoms with Crippen LogP contribution in [0.5, 0.6) is 0 Å². The van der Waals surface area contributed by atoms with Gasteiger partial charge < -0.3 is 14.0 Å². The monoisotopic (exact) mass is 528 g/mol. The molecule has 0 aliphatic carbocycles. The quantitative estimate of drug-likeness (QED) is 0.162. The molecule has 2 aromatic heterocycles. The number of unbranched alkanes of at least 4 members (excludes halogenated alkanes) is 1. The molecule has 196 valence electrons. The Morgan fingerprint density at radius 1 is 0.974 bits per heavy atom. The van der Waals surface area contributed by atoms with Crippen LogP contribution >= 0.6 is 11.3 Å². The molecule has 6 nitrogen and oxygen atoms in total. The van der Waals surface area contributed by atoms with Crippen LogP contribution in [0.4, 0.5) is 0 Å². The Bertz CT molecular complexity index is 1380. The van der Waals surface area contributed by atoms with Crippen LogP contribution in [0.1, 0.15) is 52.1 Å². The van der Waals surface area contributed by atoms with Crippen LogP contribution < -0.4 is 0 Å². The molecular formula is C31H32N2O4S. The van der Waals surface area contributed by atoms with Gasteiger partial charge in [0.1, 0.15) is 5.82 Å². The second kappa shape index (κ2) is 13.0. The molecule has 0 aliphatic heterocycles. The third-order valence-corrected chi connectivity index (χ3v) is 7.25. The fraction of sp³-hybridized carbons (Fsp3) is 0.258. The maximum Gasteiger partial charge on any atom is 0.337 e. The van der Waals surface area contributed by atoms with Crippen molar-refractivity contribution in [2.75, 3.05) is 14.2 Å². The first-order chi connectivity index (χ1) is 18.5. The third-order valence-electron chi connectivity index (χ3n) is 6.37. The minimum absolute atomic E-state index is 0.330. The summed E-state index contributed by atoms with van der Waals surface area (Å²) in [5.74, 6) is 0.325. The molecule has 0 atom stereocenters. The number of carbonyl (C=O) groups excluding carboxylic acids is 2. The maximum absolute atomic E-state index is 12.6. The van der Waals surface area contributed by atoms with E-state index >= 15 is 0 Å². The number of hydrogen-bond acceptors (Lipinski definition) is 6. The number of thiophene rings is 1. The molecule has 0 bridgehead atoms. The van der Waals surface area contributed by atoms with E-state index in [0.717, 1.165) is 52.3 Å². The number of aryl methyl sites for hydroxylation is 1. The zero-order valence-corrected chi connectivity index (χ0v) is 22.8. The van der Waals surface area contributed by atoms with Crippen molar-refractivity contribution < 1.29 is 19.1 Å². The summed E-state index contributed by atoms with van der Waals surface area (Å²) in [6.07, 6.45) is 7.26. The predicted octanol–water partition coefficient (Wildman–Crippen LogP) is 6.59. The van der Waals surface area contributed by atoms with Crippen molar-refractivity contribution >= 4 is 29.4 Å². The lowest BCUT2D eigenvalue weighted by Gasteiger charge is -2.13. The Labute approximate surface area is 227 Å². The van der Waals surface area contributed by atoms with E-state index in [2.05, 4.69) is 35.8 Å². The van der Waals surface area contributed by atoms with Crippen LogP contribution in [0.25, 0.3) is 17.2 Å². The van der Waals surface area contributed by atoms with E-state index in [4.69, 9.17) is 14.5 Å². The van der Waals surface area contributed by atoms with E-state index in [1.807, 2.05) is 41.9 Å². The topological polar surface area (TPSA) is 70.4 Å². The lowest BCUT2D eigenvalue weighted by molar-refractivity contribution is -0.136. The summed E-state index contributed by atoms with van der Waals surface area (Å²) in [6.45, 7) is 2.81. The number of nitrogens with zero attached hydrogens (tertiary/aromatic N) is 2. The van der Waals surface area contributed by atoms with Gasteiger partial charge >= 0.3 is 11.9 Å². The number of carbonyl (C=O) groups is 2. The van der Waals surface area contributed by atoms with Gasteiger partial charge in [0, 0.05) is 29.8 Å². The first-order valence-corrected chi connectivity index (χ1v) is 13.5. The predicted molar refractivity (Wildman–Crippen MR) is 151 cm³/mol. The van der Waals surface area contributed by atoms with E-state index in [9.17, 15) is 9.59 Å².